The molecule has 1 saturated heterocycles. The summed E-state index contributed by atoms with van der Waals surface area (Å²) in [5.41, 5.74) is 0. The summed E-state index contributed by atoms with van der Waals surface area (Å²) in [6.45, 7) is 1.85. The van der Waals surface area contributed by atoms with Gasteiger partial charge in [-0.05, 0) is 0 Å². The van der Waals surface area contributed by atoms with Crippen molar-refractivity contribution in [3.05, 3.63) is 0 Å². The van der Waals surface area contributed by atoms with Gasteiger partial charge in [0, 0.05) is 6.42 Å². The Morgan fingerprint density at radius 2 is 2.38 bits per heavy atom. The van der Waals surface area contributed by atoms with Crippen LogP contribution >= 0.6 is 0 Å². The van der Waals surface area contributed by atoms with Crippen molar-refractivity contribution >= 4 is 12.1 Å². The smallest absolute Gasteiger partial charge is 0.458 e. The van der Waals surface area contributed by atoms with Crippen molar-refractivity contribution in [1.29, 1.82) is 0 Å². The minimum Gasteiger partial charge on any atom is -0.458 e. The molecular formula is C8H12O5. The summed E-state index contributed by atoms with van der Waals surface area (Å²) in [5, 5.41) is 0. The summed E-state index contributed by atoms with van der Waals surface area (Å²) in [4.78, 5) is 21.5. The molecule has 0 aliphatic carbocycles. The van der Waals surface area contributed by atoms with E-state index in [0.717, 1.165) is 0 Å². The van der Waals surface area contributed by atoms with Crippen molar-refractivity contribution in [3.8, 4) is 0 Å². The van der Waals surface area contributed by atoms with Crippen LogP contribution in [0.3, 0.4) is 0 Å². The van der Waals surface area contributed by atoms with Gasteiger partial charge in [0.05, 0.1) is 13.0 Å². The second kappa shape index (κ2) is 4.11. The molecule has 1 aliphatic heterocycles. The molecule has 2 atom stereocenters. The molecule has 0 bridgehead atoms. The van der Waals surface area contributed by atoms with E-state index in [2.05, 4.69) is 9.47 Å². The molecule has 0 spiro atoms. The van der Waals surface area contributed by atoms with Crippen LogP contribution in [0.25, 0.3) is 0 Å². The predicted molar refractivity (Wildman–Crippen MR) is 42.0 cm³/mol. The standard InChI is InChI=1S/C8H12O5/c1-5-3-6(13-7(5)9)4-12-8(10)11-2/h5-6H,3-4H2,1-2H3. The summed E-state index contributed by atoms with van der Waals surface area (Å²) >= 11 is 0. The number of hydrogen-bond acceptors (Lipinski definition) is 5. The molecule has 0 radical (unpaired) electrons. The Balaban J connectivity index is 2.24. The van der Waals surface area contributed by atoms with E-state index >= 15 is 0 Å². The third-order valence-electron chi connectivity index (χ3n) is 1.86. The lowest BCUT2D eigenvalue weighted by Crippen LogP contribution is -2.18. The quantitative estimate of drug-likeness (QED) is 0.597. The Labute approximate surface area is 76.0 Å². The largest absolute Gasteiger partial charge is 0.508 e. The van der Waals surface area contributed by atoms with E-state index in [-0.39, 0.29) is 24.6 Å². The Morgan fingerprint density at radius 1 is 1.69 bits per heavy atom. The van der Waals surface area contributed by atoms with Gasteiger partial charge in [0.2, 0.25) is 0 Å². The van der Waals surface area contributed by atoms with Crippen molar-refractivity contribution in [3.63, 3.8) is 0 Å². The van der Waals surface area contributed by atoms with E-state index in [1.165, 1.54) is 7.11 Å². The molecule has 0 aromatic carbocycles. The van der Waals surface area contributed by atoms with Crippen LogP contribution in [0.4, 0.5) is 4.79 Å². The molecule has 5 nitrogen and oxygen atoms in total. The van der Waals surface area contributed by atoms with Gasteiger partial charge in [-0.3, -0.25) is 4.79 Å². The zero-order valence-electron chi connectivity index (χ0n) is 7.61. The second-order valence-electron chi connectivity index (χ2n) is 2.96. The normalized spacial score (nSPS) is 26.8. The number of cyclic esters (lactones) is 1. The maximum atomic E-state index is 10.9. The molecule has 1 fully saturated rings. The first-order valence-corrected chi connectivity index (χ1v) is 4.04. The van der Waals surface area contributed by atoms with Crippen LogP contribution in [0.2, 0.25) is 0 Å². The lowest BCUT2D eigenvalue weighted by Gasteiger charge is -2.08. The number of methoxy groups -OCH3 is 1. The van der Waals surface area contributed by atoms with Crippen LogP contribution < -0.4 is 0 Å². The highest BCUT2D eigenvalue weighted by Gasteiger charge is 2.31. The van der Waals surface area contributed by atoms with Gasteiger partial charge in [-0.2, -0.15) is 0 Å². The number of ether oxygens (including phenoxy) is 3. The maximum Gasteiger partial charge on any atom is 0.508 e. The van der Waals surface area contributed by atoms with Gasteiger partial charge in [0.15, 0.2) is 0 Å². The highest BCUT2D eigenvalue weighted by molar-refractivity contribution is 5.74. The summed E-state index contributed by atoms with van der Waals surface area (Å²) in [5.74, 6) is -0.343. The molecule has 0 saturated carbocycles. The van der Waals surface area contributed by atoms with E-state index in [1.807, 2.05) is 0 Å². The lowest BCUT2D eigenvalue weighted by molar-refractivity contribution is -0.145. The van der Waals surface area contributed by atoms with Crippen LogP contribution in [0.15, 0.2) is 0 Å². The Kier molecular flexibility index (Phi) is 3.11. The molecule has 1 aliphatic rings. The fraction of sp³-hybridized carbons (Fsp3) is 0.750. The van der Waals surface area contributed by atoms with E-state index in [0.29, 0.717) is 6.42 Å². The molecule has 0 amide bonds. The number of hydrogen-bond donors (Lipinski definition) is 0. The van der Waals surface area contributed by atoms with Crippen LogP contribution in [0, 0.1) is 5.92 Å². The summed E-state index contributed by atoms with van der Waals surface area (Å²) in [6.07, 6.45) is -0.479. The van der Waals surface area contributed by atoms with E-state index in [9.17, 15) is 9.59 Å². The van der Waals surface area contributed by atoms with Gasteiger partial charge < -0.3 is 14.2 Å². The highest BCUT2D eigenvalue weighted by atomic mass is 16.7. The Bertz CT molecular complexity index is 213. The first kappa shape index (κ1) is 9.83. The van der Waals surface area contributed by atoms with Crippen molar-refractivity contribution in [2.75, 3.05) is 13.7 Å². The minimum atomic E-state index is -0.754. The predicted octanol–water partition coefficient (Wildman–Crippen LogP) is 0.721. The first-order valence-electron chi connectivity index (χ1n) is 4.04. The molecule has 1 rings (SSSR count). The molecule has 0 aromatic rings. The molecule has 5 heteroatoms. The van der Waals surface area contributed by atoms with Gasteiger partial charge in [-0.25, -0.2) is 4.79 Å². The number of carbonyl (C=O) groups excluding carboxylic acids is 2. The van der Waals surface area contributed by atoms with E-state index in [1.54, 1.807) is 6.92 Å². The van der Waals surface area contributed by atoms with Gasteiger partial charge >= 0.3 is 12.1 Å². The first-order chi connectivity index (χ1) is 6.13. The van der Waals surface area contributed by atoms with Crippen molar-refractivity contribution in [2.45, 2.75) is 19.4 Å². The lowest BCUT2D eigenvalue weighted by atomic mass is 10.1. The van der Waals surface area contributed by atoms with Crippen molar-refractivity contribution in [2.24, 2.45) is 5.92 Å². The average Bonchev–Trinajstić information content (AvgIpc) is 2.42. The molecule has 2 unspecified atom stereocenters. The third-order valence-corrected chi connectivity index (χ3v) is 1.86. The average molecular weight is 188 g/mol. The summed E-state index contributed by atoms with van der Waals surface area (Å²) < 4.78 is 13.8. The molecule has 1 heterocycles. The van der Waals surface area contributed by atoms with Gasteiger partial charge in [-0.15, -0.1) is 0 Å². The number of rotatable bonds is 2. The molecule has 0 aromatic heterocycles. The zero-order valence-corrected chi connectivity index (χ0v) is 7.61. The highest BCUT2D eigenvalue weighted by Crippen LogP contribution is 2.20. The van der Waals surface area contributed by atoms with Crippen molar-refractivity contribution < 1.29 is 23.8 Å². The second-order valence-corrected chi connectivity index (χ2v) is 2.96. The molecular weight excluding hydrogens is 176 g/mol. The fourth-order valence-electron chi connectivity index (χ4n) is 1.14. The zero-order chi connectivity index (χ0) is 9.84. The topological polar surface area (TPSA) is 61.8 Å². The summed E-state index contributed by atoms with van der Waals surface area (Å²) in [6, 6.07) is 0. The monoisotopic (exact) mass is 188 g/mol. The van der Waals surface area contributed by atoms with E-state index in [4.69, 9.17) is 4.74 Å². The molecule has 13 heavy (non-hydrogen) atoms. The minimum absolute atomic E-state index is 0.0722. The van der Waals surface area contributed by atoms with E-state index < -0.39 is 6.16 Å². The van der Waals surface area contributed by atoms with Crippen LogP contribution in [0.1, 0.15) is 13.3 Å². The fourth-order valence-corrected chi connectivity index (χ4v) is 1.14. The van der Waals surface area contributed by atoms with Crippen LogP contribution in [-0.4, -0.2) is 31.9 Å². The summed E-state index contributed by atoms with van der Waals surface area (Å²) in [7, 11) is 1.23. The van der Waals surface area contributed by atoms with Gasteiger partial charge in [0.25, 0.3) is 0 Å². The van der Waals surface area contributed by atoms with Gasteiger partial charge in [-0.1, -0.05) is 6.92 Å². The SMILES string of the molecule is COC(=O)OCC1CC(C)C(=O)O1. The Hall–Kier alpha value is -1.26. The number of esters is 1. The third kappa shape index (κ3) is 2.61. The van der Waals surface area contributed by atoms with Crippen LogP contribution in [-0.2, 0) is 19.0 Å². The van der Waals surface area contributed by atoms with Gasteiger partial charge in [0.1, 0.15) is 12.7 Å². The Morgan fingerprint density at radius 3 is 2.85 bits per heavy atom. The molecule has 74 valence electrons. The maximum absolute atomic E-state index is 10.9. The van der Waals surface area contributed by atoms with Crippen LogP contribution in [0.5, 0.6) is 0 Å². The number of carbonyl (C=O) groups is 2. The molecule has 0 N–H and O–H groups in total. The van der Waals surface area contributed by atoms with Crippen molar-refractivity contribution in [1.82, 2.24) is 0 Å².